The van der Waals surface area contributed by atoms with Crippen LogP contribution < -0.4 is 5.84 Å². The SMILES string of the molecule is CCN(Cc1ccccc1)C(CC1CCc2sc(CC(=O)C3CC3)c(C(=O)CCC3CC3)c2C1)=NN. The first-order chi connectivity index (χ1) is 17.6. The molecule has 0 spiro atoms. The number of nitrogens with two attached hydrogens (primary N) is 1. The molecule has 1 heterocycles. The number of hydrazone groups is 1. The number of fused-ring (bicyclic) bond motifs is 1. The molecule has 0 aliphatic heterocycles. The average Bonchev–Trinajstić information content (AvgIpc) is 3.82. The number of nitrogens with zero attached hydrogens (tertiary/aromatic N) is 2. The number of carbonyl (C=O) groups excluding carboxylic acids is 2. The summed E-state index contributed by atoms with van der Waals surface area (Å²) in [7, 11) is 0. The van der Waals surface area contributed by atoms with E-state index in [0.717, 1.165) is 80.2 Å². The quantitative estimate of drug-likeness (QED) is 0.127. The van der Waals surface area contributed by atoms with Gasteiger partial charge in [0, 0.05) is 53.6 Å². The predicted molar refractivity (Wildman–Crippen MR) is 146 cm³/mol. The lowest BCUT2D eigenvalue weighted by Gasteiger charge is -2.29. The minimum atomic E-state index is 0.235. The summed E-state index contributed by atoms with van der Waals surface area (Å²) in [5, 5.41) is 4.22. The number of carbonyl (C=O) groups is 2. The fourth-order valence-electron chi connectivity index (χ4n) is 5.62. The van der Waals surface area contributed by atoms with Crippen molar-refractivity contribution in [2.75, 3.05) is 6.54 Å². The van der Waals surface area contributed by atoms with Crippen molar-refractivity contribution >= 4 is 28.7 Å². The minimum Gasteiger partial charge on any atom is -0.355 e. The molecule has 2 fully saturated rings. The third-order valence-corrected chi connectivity index (χ3v) is 9.43. The highest BCUT2D eigenvalue weighted by Crippen LogP contribution is 2.41. The number of amidine groups is 1. The van der Waals surface area contributed by atoms with Gasteiger partial charge in [0.1, 0.15) is 11.6 Å². The van der Waals surface area contributed by atoms with E-state index >= 15 is 0 Å². The Labute approximate surface area is 219 Å². The van der Waals surface area contributed by atoms with Gasteiger partial charge in [-0.05, 0) is 68.4 Å². The van der Waals surface area contributed by atoms with Crippen molar-refractivity contribution in [1.29, 1.82) is 0 Å². The largest absolute Gasteiger partial charge is 0.355 e. The molecule has 2 N–H and O–H groups in total. The van der Waals surface area contributed by atoms with Gasteiger partial charge in [-0.25, -0.2) is 0 Å². The lowest BCUT2D eigenvalue weighted by molar-refractivity contribution is -0.119. The van der Waals surface area contributed by atoms with Gasteiger partial charge in [0.25, 0.3) is 0 Å². The number of Topliss-reactive ketones (excluding diaryl/α,β-unsaturated/α-hetero) is 2. The zero-order valence-electron chi connectivity index (χ0n) is 21.5. The molecule has 5 rings (SSSR count). The topological polar surface area (TPSA) is 75.8 Å². The normalized spacial score (nSPS) is 19.7. The van der Waals surface area contributed by atoms with E-state index in [0.29, 0.717) is 24.5 Å². The second kappa shape index (κ2) is 11.3. The summed E-state index contributed by atoms with van der Waals surface area (Å²) in [6.07, 6.45) is 10.4. The van der Waals surface area contributed by atoms with Crippen LogP contribution in [0.2, 0.25) is 0 Å². The van der Waals surface area contributed by atoms with E-state index in [-0.39, 0.29) is 11.7 Å². The zero-order chi connectivity index (χ0) is 25.1. The second-order valence-electron chi connectivity index (χ2n) is 11.0. The molecule has 0 bridgehead atoms. The lowest BCUT2D eigenvalue weighted by atomic mass is 9.82. The molecule has 1 atom stereocenters. The van der Waals surface area contributed by atoms with Crippen LogP contribution in [-0.4, -0.2) is 28.8 Å². The number of thiophene rings is 1. The van der Waals surface area contributed by atoms with Crippen molar-refractivity contribution in [2.45, 2.75) is 84.1 Å². The molecule has 3 aliphatic carbocycles. The van der Waals surface area contributed by atoms with Crippen LogP contribution in [-0.2, 0) is 30.6 Å². The summed E-state index contributed by atoms with van der Waals surface area (Å²) < 4.78 is 0. The molecule has 0 radical (unpaired) electrons. The van der Waals surface area contributed by atoms with Gasteiger partial charge in [0.2, 0.25) is 0 Å². The summed E-state index contributed by atoms with van der Waals surface area (Å²) in [5.74, 6) is 8.83. The van der Waals surface area contributed by atoms with E-state index < -0.39 is 0 Å². The van der Waals surface area contributed by atoms with Gasteiger partial charge in [-0.2, -0.15) is 5.10 Å². The Hall–Kier alpha value is -2.47. The Morgan fingerprint density at radius 2 is 1.86 bits per heavy atom. The molecule has 1 aromatic carbocycles. The van der Waals surface area contributed by atoms with Crippen LogP contribution in [0, 0.1) is 17.8 Å². The molecular formula is C30H39N3O2S. The molecule has 6 heteroatoms. The van der Waals surface area contributed by atoms with Gasteiger partial charge in [-0.1, -0.05) is 43.2 Å². The second-order valence-corrected chi connectivity index (χ2v) is 12.2. The first kappa shape index (κ1) is 25.2. The molecule has 36 heavy (non-hydrogen) atoms. The summed E-state index contributed by atoms with van der Waals surface area (Å²) in [6.45, 7) is 3.79. The highest BCUT2D eigenvalue weighted by molar-refractivity contribution is 7.12. The first-order valence-electron chi connectivity index (χ1n) is 13.8. The highest BCUT2D eigenvalue weighted by Gasteiger charge is 2.34. The van der Waals surface area contributed by atoms with Crippen LogP contribution in [0.1, 0.15) is 89.5 Å². The van der Waals surface area contributed by atoms with Crippen molar-refractivity contribution in [3.8, 4) is 0 Å². The van der Waals surface area contributed by atoms with Crippen LogP contribution in [0.4, 0.5) is 0 Å². The Balaban J connectivity index is 1.32. The molecule has 5 nitrogen and oxygen atoms in total. The van der Waals surface area contributed by atoms with E-state index in [1.54, 1.807) is 11.3 Å². The number of hydrogen-bond acceptors (Lipinski definition) is 5. The van der Waals surface area contributed by atoms with Gasteiger partial charge in [-0.3, -0.25) is 9.59 Å². The monoisotopic (exact) mass is 505 g/mol. The van der Waals surface area contributed by atoms with E-state index in [4.69, 9.17) is 5.84 Å². The highest BCUT2D eigenvalue weighted by atomic mass is 32.1. The van der Waals surface area contributed by atoms with Crippen LogP contribution in [0.3, 0.4) is 0 Å². The Kier molecular flexibility index (Phi) is 7.90. The smallest absolute Gasteiger partial charge is 0.164 e. The molecule has 1 aromatic heterocycles. The van der Waals surface area contributed by atoms with Gasteiger partial charge in [-0.15, -0.1) is 11.3 Å². The predicted octanol–water partition coefficient (Wildman–Crippen LogP) is 5.93. The minimum absolute atomic E-state index is 0.235. The molecule has 0 saturated heterocycles. The Morgan fingerprint density at radius 1 is 1.08 bits per heavy atom. The van der Waals surface area contributed by atoms with Crippen molar-refractivity contribution in [1.82, 2.24) is 4.90 Å². The third kappa shape index (κ3) is 6.08. The Morgan fingerprint density at radius 3 is 2.53 bits per heavy atom. The fraction of sp³-hybridized carbons (Fsp3) is 0.567. The number of hydrogen-bond donors (Lipinski definition) is 1. The number of benzene rings is 1. The van der Waals surface area contributed by atoms with Gasteiger partial charge < -0.3 is 10.7 Å². The fourth-order valence-corrected chi connectivity index (χ4v) is 7.00. The average molecular weight is 506 g/mol. The molecule has 1 unspecified atom stereocenters. The summed E-state index contributed by atoms with van der Waals surface area (Å²) in [4.78, 5) is 30.8. The van der Waals surface area contributed by atoms with Gasteiger partial charge >= 0.3 is 0 Å². The maximum atomic E-state index is 13.5. The van der Waals surface area contributed by atoms with E-state index in [2.05, 4.69) is 41.2 Å². The van der Waals surface area contributed by atoms with Crippen LogP contribution in [0.15, 0.2) is 35.4 Å². The maximum Gasteiger partial charge on any atom is 0.164 e. The van der Waals surface area contributed by atoms with Crippen LogP contribution in [0.25, 0.3) is 0 Å². The van der Waals surface area contributed by atoms with E-state index in [9.17, 15) is 9.59 Å². The number of aryl methyl sites for hydroxylation is 1. The van der Waals surface area contributed by atoms with E-state index in [1.165, 1.54) is 28.8 Å². The summed E-state index contributed by atoms with van der Waals surface area (Å²) in [5.41, 5.74) is 3.40. The standard InChI is InChI=1S/C30H39N3O2S/c1-2-33(19-21-6-4-3-5-7-21)29(32-31)17-22-11-15-27-24(16-22)30(25(34)14-10-20-8-9-20)28(36-27)18-26(35)23-12-13-23/h3-7,20,22-23H,2,8-19,31H2,1H3. The Bertz CT molecular complexity index is 1110. The molecule has 2 saturated carbocycles. The van der Waals surface area contributed by atoms with Gasteiger partial charge in [0.05, 0.1) is 0 Å². The van der Waals surface area contributed by atoms with Crippen molar-refractivity contribution in [3.63, 3.8) is 0 Å². The van der Waals surface area contributed by atoms with Crippen molar-refractivity contribution in [3.05, 3.63) is 56.8 Å². The summed E-state index contributed by atoms with van der Waals surface area (Å²) >= 11 is 1.75. The molecule has 2 aromatic rings. The molecular weight excluding hydrogens is 466 g/mol. The zero-order valence-corrected chi connectivity index (χ0v) is 22.3. The lowest BCUT2D eigenvalue weighted by Crippen LogP contribution is -2.34. The molecule has 192 valence electrons. The first-order valence-corrected chi connectivity index (χ1v) is 14.6. The molecule has 0 amide bonds. The third-order valence-electron chi connectivity index (χ3n) is 8.14. The van der Waals surface area contributed by atoms with Gasteiger partial charge in [0.15, 0.2) is 5.78 Å². The van der Waals surface area contributed by atoms with E-state index in [1.807, 2.05) is 6.07 Å². The molecule has 3 aliphatic rings. The number of rotatable bonds is 12. The number of ketones is 2. The van der Waals surface area contributed by atoms with Crippen molar-refractivity contribution in [2.24, 2.45) is 28.7 Å². The van der Waals surface area contributed by atoms with Crippen molar-refractivity contribution < 1.29 is 9.59 Å². The maximum absolute atomic E-state index is 13.5. The van der Waals surface area contributed by atoms with Crippen LogP contribution in [0.5, 0.6) is 0 Å². The van der Waals surface area contributed by atoms with Crippen LogP contribution >= 0.6 is 11.3 Å². The summed E-state index contributed by atoms with van der Waals surface area (Å²) in [6, 6.07) is 10.4.